The van der Waals surface area contributed by atoms with Gasteiger partial charge in [-0.15, -0.1) is 11.3 Å². The first-order chi connectivity index (χ1) is 14.5. The molecule has 0 unspecified atom stereocenters. The van der Waals surface area contributed by atoms with Crippen LogP contribution in [0.25, 0.3) is 16.8 Å². The molecule has 30 heavy (non-hydrogen) atoms. The number of thiophene rings is 1. The van der Waals surface area contributed by atoms with E-state index in [2.05, 4.69) is 35.1 Å². The van der Waals surface area contributed by atoms with Crippen LogP contribution in [0.4, 0.5) is 0 Å². The Morgan fingerprint density at radius 2 is 1.67 bits per heavy atom. The number of carbonyl (C=O) groups is 1. The minimum Gasteiger partial charge on any atom is -0.269 e. The third-order valence-corrected chi connectivity index (χ3v) is 7.42. The van der Waals surface area contributed by atoms with E-state index in [-0.39, 0.29) is 4.21 Å². The van der Waals surface area contributed by atoms with Crippen molar-refractivity contribution in [1.29, 1.82) is 0 Å². The summed E-state index contributed by atoms with van der Waals surface area (Å²) in [6.07, 6.45) is 3.61. The lowest BCUT2D eigenvalue weighted by molar-refractivity contribution is -0.114. The second-order valence-corrected chi connectivity index (χ2v) is 9.65. The normalized spacial score (nSPS) is 11.7. The molecule has 0 aliphatic rings. The molecule has 0 aliphatic carbocycles. The maximum atomic E-state index is 12.2. The van der Waals surface area contributed by atoms with Gasteiger partial charge in [0.25, 0.3) is 15.9 Å². The van der Waals surface area contributed by atoms with E-state index >= 15 is 0 Å². The topological polar surface area (TPSA) is 63.2 Å². The van der Waals surface area contributed by atoms with Crippen molar-refractivity contribution in [3.8, 4) is 0 Å². The summed E-state index contributed by atoms with van der Waals surface area (Å²) < 4.78 is 26.5. The molecule has 4 rings (SSSR count). The molecule has 0 aliphatic heterocycles. The van der Waals surface area contributed by atoms with Crippen LogP contribution in [0.5, 0.6) is 0 Å². The first-order valence-electron chi connectivity index (χ1n) is 9.35. The van der Waals surface area contributed by atoms with Crippen LogP contribution in [-0.4, -0.2) is 14.3 Å². The Labute approximate surface area is 179 Å². The molecule has 4 aromatic rings. The molecule has 6 heteroatoms. The van der Waals surface area contributed by atoms with Gasteiger partial charge < -0.3 is 0 Å². The van der Waals surface area contributed by atoms with E-state index in [4.69, 9.17) is 0 Å². The van der Waals surface area contributed by atoms with Crippen LogP contribution in [0.1, 0.15) is 16.7 Å². The van der Waals surface area contributed by atoms with Crippen molar-refractivity contribution in [2.75, 3.05) is 0 Å². The third-order valence-electron chi connectivity index (χ3n) is 4.67. The van der Waals surface area contributed by atoms with Crippen molar-refractivity contribution < 1.29 is 13.2 Å². The minimum absolute atomic E-state index is 0.112. The molecule has 0 saturated heterocycles. The van der Waals surface area contributed by atoms with E-state index < -0.39 is 15.9 Å². The zero-order chi connectivity index (χ0) is 21.0. The quantitative estimate of drug-likeness (QED) is 0.435. The van der Waals surface area contributed by atoms with Gasteiger partial charge in [-0.1, -0.05) is 72.8 Å². The number of amides is 1. The Hall–Kier alpha value is -3.22. The molecule has 0 fully saturated rings. The van der Waals surface area contributed by atoms with Crippen LogP contribution < -0.4 is 4.72 Å². The summed E-state index contributed by atoms with van der Waals surface area (Å²) in [6, 6.07) is 25.4. The first-order valence-corrected chi connectivity index (χ1v) is 11.7. The number of benzene rings is 3. The molecule has 0 radical (unpaired) electrons. The summed E-state index contributed by atoms with van der Waals surface area (Å²) in [5.74, 6) is -0.677. The molecule has 3 aromatic carbocycles. The number of rotatable bonds is 6. The first kappa shape index (κ1) is 20.1. The molecule has 1 aromatic heterocycles. The van der Waals surface area contributed by atoms with Crippen LogP contribution in [-0.2, 0) is 21.2 Å². The fourth-order valence-corrected chi connectivity index (χ4v) is 5.16. The van der Waals surface area contributed by atoms with Crippen molar-refractivity contribution in [3.63, 3.8) is 0 Å². The zero-order valence-corrected chi connectivity index (χ0v) is 17.6. The summed E-state index contributed by atoms with van der Waals surface area (Å²) in [5, 5.41) is 4.03. The van der Waals surface area contributed by atoms with E-state index in [0.717, 1.165) is 22.5 Å². The van der Waals surface area contributed by atoms with Crippen LogP contribution in [0.15, 0.2) is 94.5 Å². The smallest absolute Gasteiger partial charge is 0.269 e. The SMILES string of the molecule is O=C(C=Cc1ccccc1Cc1ccc2ccccc2c1)NS(=O)(=O)c1cccs1. The third kappa shape index (κ3) is 4.67. The lowest BCUT2D eigenvalue weighted by Gasteiger charge is -2.08. The fourth-order valence-electron chi connectivity index (χ4n) is 3.23. The highest BCUT2D eigenvalue weighted by molar-refractivity contribution is 7.92. The van der Waals surface area contributed by atoms with Crippen LogP contribution in [0, 0.1) is 0 Å². The van der Waals surface area contributed by atoms with Gasteiger partial charge in [-0.25, -0.2) is 13.1 Å². The molecule has 1 N–H and O–H groups in total. The number of nitrogens with one attached hydrogen (secondary N) is 1. The lowest BCUT2D eigenvalue weighted by Crippen LogP contribution is -2.28. The van der Waals surface area contributed by atoms with E-state index in [1.807, 2.05) is 36.4 Å². The molecule has 1 amide bonds. The van der Waals surface area contributed by atoms with Gasteiger partial charge in [0, 0.05) is 6.08 Å². The van der Waals surface area contributed by atoms with Crippen LogP contribution in [0.2, 0.25) is 0 Å². The standard InChI is InChI=1S/C24H19NO3S2/c26-23(25-30(27,28)24-10-5-15-29-24)14-13-20-7-2-4-9-22(20)17-18-11-12-19-6-1-3-8-21(19)16-18/h1-16H,17H2,(H,25,26). The number of hydrogen-bond donors (Lipinski definition) is 1. The van der Waals surface area contributed by atoms with Crippen LogP contribution in [0.3, 0.4) is 0 Å². The molecule has 150 valence electrons. The van der Waals surface area contributed by atoms with Crippen molar-refractivity contribution in [1.82, 2.24) is 4.72 Å². The van der Waals surface area contributed by atoms with E-state index in [9.17, 15) is 13.2 Å². The second kappa shape index (κ2) is 8.65. The Morgan fingerprint density at radius 3 is 2.47 bits per heavy atom. The molecule has 0 spiro atoms. The van der Waals surface area contributed by atoms with Crippen molar-refractivity contribution in [3.05, 3.63) is 107 Å². The van der Waals surface area contributed by atoms with Gasteiger partial charge in [0.05, 0.1) is 0 Å². The monoisotopic (exact) mass is 433 g/mol. The van der Waals surface area contributed by atoms with Crippen molar-refractivity contribution in [2.45, 2.75) is 10.6 Å². The average molecular weight is 434 g/mol. The van der Waals surface area contributed by atoms with Crippen molar-refractivity contribution in [2.24, 2.45) is 0 Å². The van der Waals surface area contributed by atoms with E-state index in [0.29, 0.717) is 6.42 Å². The zero-order valence-electron chi connectivity index (χ0n) is 16.0. The number of fused-ring (bicyclic) bond motifs is 1. The molecular weight excluding hydrogens is 414 g/mol. The summed E-state index contributed by atoms with van der Waals surface area (Å²) in [7, 11) is -3.83. The Kier molecular flexibility index (Phi) is 5.79. The maximum absolute atomic E-state index is 12.2. The van der Waals surface area contributed by atoms with Gasteiger partial charge in [0.15, 0.2) is 0 Å². The van der Waals surface area contributed by atoms with Crippen LogP contribution >= 0.6 is 11.3 Å². The predicted molar refractivity (Wildman–Crippen MR) is 122 cm³/mol. The highest BCUT2D eigenvalue weighted by Crippen LogP contribution is 2.21. The summed E-state index contributed by atoms with van der Waals surface area (Å²) in [5.41, 5.74) is 3.09. The fraction of sp³-hybridized carbons (Fsp3) is 0.0417. The Morgan fingerprint density at radius 1 is 0.900 bits per heavy atom. The maximum Gasteiger partial charge on any atom is 0.273 e. The van der Waals surface area contributed by atoms with Gasteiger partial charge >= 0.3 is 0 Å². The molecule has 4 nitrogen and oxygen atoms in total. The molecule has 0 bridgehead atoms. The molecule has 1 heterocycles. The Balaban J connectivity index is 1.52. The summed E-state index contributed by atoms with van der Waals surface area (Å²) >= 11 is 1.06. The van der Waals surface area contributed by atoms with Gasteiger partial charge in [0.1, 0.15) is 4.21 Å². The minimum atomic E-state index is -3.83. The highest BCUT2D eigenvalue weighted by atomic mass is 32.2. The van der Waals surface area contributed by atoms with Gasteiger partial charge in [0.2, 0.25) is 0 Å². The molecular formula is C24H19NO3S2. The molecule has 0 saturated carbocycles. The second-order valence-electron chi connectivity index (χ2n) is 6.79. The largest absolute Gasteiger partial charge is 0.273 e. The highest BCUT2D eigenvalue weighted by Gasteiger charge is 2.17. The van der Waals surface area contributed by atoms with Gasteiger partial charge in [-0.2, -0.15) is 0 Å². The lowest BCUT2D eigenvalue weighted by atomic mass is 9.97. The average Bonchev–Trinajstić information content (AvgIpc) is 3.29. The van der Waals surface area contributed by atoms with Gasteiger partial charge in [-0.3, -0.25) is 4.79 Å². The van der Waals surface area contributed by atoms with Crippen molar-refractivity contribution >= 4 is 44.1 Å². The summed E-state index contributed by atoms with van der Waals surface area (Å²) in [6.45, 7) is 0. The predicted octanol–water partition coefficient (Wildman–Crippen LogP) is 5.01. The van der Waals surface area contributed by atoms with E-state index in [1.54, 1.807) is 17.5 Å². The number of hydrogen-bond acceptors (Lipinski definition) is 4. The van der Waals surface area contributed by atoms with Gasteiger partial charge in [-0.05, 0) is 51.4 Å². The number of carbonyl (C=O) groups excluding carboxylic acids is 1. The summed E-state index contributed by atoms with van der Waals surface area (Å²) in [4.78, 5) is 12.2. The van der Waals surface area contributed by atoms with E-state index in [1.165, 1.54) is 28.5 Å². The molecule has 0 atom stereocenters. The Bertz CT molecular complexity index is 1320. The number of sulfonamides is 1.